The number of likely N-dealkylation sites (N-methyl/N-ethyl adjacent to an activating group) is 5. The molecule has 10 amide bonds. The number of ketones is 1. The number of likely N-dealkylation sites (tertiary alicyclic amines) is 1. The Labute approximate surface area is 731 Å². The van der Waals surface area contributed by atoms with Crippen LogP contribution in [0, 0.1) is 4.91 Å². The van der Waals surface area contributed by atoms with Gasteiger partial charge in [0.25, 0.3) is 5.69 Å². The number of benzene rings is 5. The van der Waals surface area contributed by atoms with Crippen molar-refractivity contribution in [2.24, 2.45) is 0 Å². The van der Waals surface area contributed by atoms with Crippen LogP contribution in [-0.2, 0) is 14.8 Å². The molecule has 666 valence electrons. The van der Waals surface area contributed by atoms with Crippen LogP contribution in [0.4, 0.5) is 52.4 Å². The van der Waals surface area contributed by atoms with Gasteiger partial charge in [0, 0.05) is 295 Å². The Balaban J connectivity index is 0.000000140. The average molecular weight is 1750 g/mol. The fourth-order valence-electron chi connectivity index (χ4n) is 17.4. The van der Waals surface area contributed by atoms with Crippen LogP contribution in [0.5, 0.6) is 11.5 Å². The van der Waals surface area contributed by atoms with Crippen LogP contribution in [0.3, 0.4) is 0 Å². The molecule has 0 N–H and O–H groups in total. The third-order valence-electron chi connectivity index (χ3n) is 25.5. The molecule has 122 heavy (non-hydrogen) atoms. The maximum atomic E-state index is 12.8. The van der Waals surface area contributed by atoms with Crippen molar-refractivity contribution in [2.75, 3.05) is 331 Å². The van der Waals surface area contributed by atoms with Crippen molar-refractivity contribution >= 4 is 97.6 Å². The predicted molar refractivity (Wildman–Crippen MR) is 479 cm³/mol. The monoisotopic (exact) mass is 1740 g/mol. The number of urea groups is 5. The molecule has 32 nitrogen and oxygen atoms in total. The summed E-state index contributed by atoms with van der Waals surface area (Å²) < 4.78 is 38.4. The number of hydrogen-bond donors (Lipinski definition) is 0. The molecule has 35 heteroatoms. The number of amides is 10. The second-order valence-electron chi connectivity index (χ2n) is 33.3. The number of anilines is 4. The van der Waals surface area contributed by atoms with Gasteiger partial charge in [-0.2, -0.15) is 4.31 Å². The van der Waals surface area contributed by atoms with Gasteiger partial charge >= 0.3 is 30.2 Å². The Morgan fingerprint density at radius 2 is 0.705 bits per heavy atom. The topological polar surface area (TPSA) is 240 Å². The number of carbonyl (C=O) groups excluding carboxylic acids is 6. The third-order valence-corrected chi connectivity index (χ3v) is 28.0. The molecule has 0 atom stereocenters. The number of piperidine rings is 1. The van der Waals surface area contributed by atoms with E-state index in [1.165, 1.54) is 11.4 Å². The Morgan fingerprint density at radius 1 is 0.361 bits per heavy atom. The second-order valence-corrected chi connectivity index (χ2v) is 36.0. The number of sulfonamides is 1. The minimum atomic E-state index is -3.55. The highest BCUT2D eigenvalue weighted by atomic mass is 35.5. The van der Waals surface area contributed by atoms with E-state index in [2.05, 4.69) is 90.5 Å². The lowest BCUT2D eigenvalue weighted by Gasteiger charge is -2.46. The van der Waals surface area contributed by atoms with E-state index in [4.69, 9.17) is 32.7 Å². The quantitative estimate of drug-likeness (QED) is 0.136. The first kappa shape index (κ1) is 92.0. The molecule has 11 aliphatic rings. The van der Waals surface area contributed by atoms with Crippen LogP contribution in [0.25, 0.3) is 0 Å². The maximum absolute atomic E-state index is 12.8. The van der Waals surface area contributed by atoms with E-state index < -0.39 is 15.6 Å². The summed E-state index contributed by atoms with van der Waals surface area (Å²) in [6.07, 6.45) is 2.09. The van der Waals surface area contributed by atoms with E-state index >= 15 is 0 Å². The number of carbonyl (C=O) groups is 6. The minimum Gasteiger partial charge on any atom is -0.497 e. The first-order chi connectivity index (χ1) is 58.8. The second kappa shape index (κ2) is 43.4. The van der Waals surface area contributed by atoms with Gasteiger partial charge in [0.1, 0.15) is 17.0 Å². The van der Waals surface area contributed by atoms with Crippen molar-refractivity contribution in [3.63, 3.8) is 0 Å². The van der Waals surface area contributed by atoms with Gasteiger partial charge in [-0.1, -0.05) is 59.6 Å². The number of halogens is 2. The number of nitroso groups, excluding NO2 is 1. The van der Waals surface area contributed by atoms with Gasteiger partial charge in [-0.3, -0.25) is 4.79 Å². The van der Waals surface area contributed by atoms with Crippen LogP contribution in [0.1, 0.15) is 19.3 Å². The van der Waals surface area contributed by atoms with E-state index in [0.717, 1.165) is 249 Å². The van der Waals surface area contributed by atoms with Gasteiger partial charge in [-0.05, 0) is 121 Å². The fourth-order valence-corrected chi connectivity index (χ4v) is 19.4. The lowest BCUT2D eigenvalue weighted by Crippen LogP contribution is -2.59. The zero-order valence-corrected chi connectivity index (χ0v) is 75.1. The maximum Gasteiger partial charge on any atom is 0.320 e. The molecule has 11 saturated heterocycles. The van der Waals surface area contributed by atoms with Crippen LogP contribution >= 0.6 is 23.2 Å². The molecule has 0 unspecified atom stereocenters. The third kappa shape index (κ3) is 23.4. The zero-order chi connectivity index (χ0) is 86.6. The van der Waals surface area contributed by atoms with Gasteiger partial charge in [0.2, 0.25) is 10.0 Å². The van der Waals surface area contributed by atoms with E-state index in [1.54, 1.807) is 43.4 Å². The van der Waals surface area contributed by atoms with Crippen LogP contribution in [-0.4, -0.2) is 444 Å². The van der Waals surface area contributed by atoms with Crippen molar-refractivity contribution < 1.29 is 51.4 Å². The van der Waals surface area contributed by atoms with Gasteiger partial charge in [0.15, 0.2) is 12.8 Å². The Hall–Kier alpha value is -9.19. The van der Waals surface area contributed by atoms with Crippen molar-refractivity contribution in [2.45, 2.75) is 29.7 Å². The Morgan fingerprint density at radius 3 is 1.08 bits per heavy atom. The summed E-state index contributed by atoms with van der Waals surface area (Å²) in [7, 11) is 11.6. The Kier molecular flexibility index (Phi) is 32.7. The largest absolute Gasteiger partial charge is 0.497 e. The normalized spacial score (nSPS) is 20.7. The molecular weight excluding hydrogens is 1620 g/mol. The summed E-state index contributed by atoms with van der Waals surface area (Å²) in [4.78, 5) is 127. The molecule has 1 spiro atoms. The molecule has 0 saturated carbocycles. The predicted octanol–water partition coefficient (Wildman–Crippen LogP) is 6.92. The molecule has 5 aromatic rings. The summed E-state index contributed by atoms with van der Waals surface area (Å²) >= 11 is 12.6. The van der Waals surface area contributed by atoms with E-state index in [9.17, 15) is 42.1 Å². The standard InChI is InChI=1S/C20H28N4O2.C17H26N5O2.C17H26N4O4S.C17H26N4O2.C16H22Cl2N4O/c1-21-13-15-23(16-14-21)19(26)22-11-8-20(9-12-22)18(25)7-10-24(20)17-5-3-2-4-6-17;1-18-7-9-21(10-8-18)17(23)22-13-11-20(12-14-22)16-5-3-15(4-6-16)19(2)24;1-18-7-9-19(10-8-18)17(22)20-11-13-21(14-12-20)26(23,24)16-5-3-15(25-2)4-6-16;1-18-7-9-20(10-8-18)17(22)21-13-11-19(12-14-21)15-5-3-4-6-16(15)23-2;1-19-5-7-21(8-6-19)16(23)22-11-9-20(10-12-22)15-13(17)3-2-4-14(15)18/h2-6H,7-16H2,1H3;3-6H,7-14H2,1-2H3;3-6H,7-14H2,1-2H3;3-6H,7-14H2,1-2H3;2-4H,5-12H2,1H3/q;+1;;;. The molecule has 16 rings (SSSR count). The molecular formula is C87H128Cl2N21O11S+. The number of rotatable bonds is 9. The summed E-state index contributed by atoms with van der Waals surface area (Å²) in [5, 5.41) is 1.33. The summed E-state index contributed by atoms with van der Waals surface area (Å²) in [6, 6.07) is 38.5. The van der Waals surface area contributed by atoms with Gasteiger partial charge in [-0.15, -0.1) is 0 Å². The van der Waals surface area contributed by atoms with Gasteiger partial charge in [0.05, 0.1) is 40.5 Å². The highest BCUT2D eigenvalue weighted by Gasteiger charge is 2.51. The summed E-state index contributed by atoms with van der Waals surface area (Å²) in [6.45, 7) is 30.2. The molecule has 0 bridgehead atoms. The van der Waals surface area contributed by atoms with Gasteiger partial charge in [-0.25, -0.2) is 32.4 Å². The van der Waals surface area contributed by atoms with Crippen LogP contribution in [0.15, 0.2) is 126 Å². The zero-order valence-electron chi connectivity index (χ0n) is 72.8. The lowest BCUT2D eigenvalue weighted by molar-refractivity contribution is -0.428. The fraction of sp³-hybridized carbons (Fsp3) is 0.586. The number of nitrogens with zero attached hydrogens (tertiary/aromatic N) is 21. The number of para-hydroxylation sites is 4. The van der Waals surface area contributed by atoms with Crippen molar-refractivity contribution in [1.82, 2.24) is 77.8 Å². The smallest absolute Gasteiger partial charge is 0.320 e. The number of ether oxygens (including phenoxy) is 2. The lowest BCUT2D eigenvalue weighted by atomic mass is 9.83. The van der Waals surface area contributed by atoms with E-state index in [0.29, 0.717) is 86.0 Å². The molecule has 0 aliphatic carbocycles. The van der Waals surface area contributed by atoms with Crippen molar-refractivity contribution in [3.05, 3.63) is 136 Å². The average Bonchev–Trinajstić information content (AvgIpc) is 1.59. The summed E-state index contributed by atoms with van der Waals surface area (Å²) in [5.41, 5.74) is 4.46. The number of piperazine rings is 9. The summed E-state index contributed by atoms with van der Waals surface area (Å²) in [5.74, 6) is 1.85. The molecule has 11 aliphatic heterocycles. The molecule has 11 heterocycles. The molecule has 0 aromatic heterocycles. The minimum absolute atomic E-state index is 0.0135. The highest BCUT2D eigenvalue weighted by Crippen LogP contribution is 2.40. The highest BCUT2D eigenvalue weighted by molar-refractivity contribution is 7.89. The van der Waals surface area contributed by atoms with E-state index in [-0.39, 0.29) is 35.1 Å². The molecule has 11 fully saturated rings. The molecule has 0 radical (unpaired) electrons. The van der Waals surface area contributed by atoms with Crippen LogP contribution in [0.2, 0.25) is 10.0 Å². The number of Topliss-reactive ketones (excluding diaryl/α,β-unsaturated/α-hetero) is 1. The SMILES string of the molecule is CN1CCN(C(=O)N2CCC3(CC2)C(=O)CCN3c2ccccc2)CC1.CN1CCN(C(=O)N2CCN(c3c(Cl)cccc3Cl)CC2)CC1.CN1CCN(C(=O)N2CCN(c3ccc([N+](C)=O)cc3)CC2)CC1.COc1ccc(S(=O)(=O)N2CCN(C(=O)N3CCN(C)CC3)CC2)cc1.COc1ccccc1N1CCN(C(=O)N2CCN(C)CC2)CC1. The first-order valence-electron chi connectivity index (χ1n) is 43.3. The first-order valence-corrected chi connectivity index (χ1v) is 45.5. The van der Waals surface area contributed by atoms with Crippen LogP contribution < -0.4 is 29.1 Å². The number of methoxy groups -OCH3 is 2. The van der Waals surface area contributed by atoms with Crippen molar-refractivity contribution in [3.8, 4) is 11.5 Å². The molecule has 5 aromatic carbocycles. The van der Waals surface area contributed by atoms with Crippen molar-refractivity contribution in [1.29, 1.82) is 0 Å². The van der Waals surface area contributed by atoms with Gasteiger partial charge < -0.3 is 103 Å². The Bertz CT molecular complexity index is 4340. The number of hydrogen-bond acceptors (Lipinski definition) is 20. The van der Waals surface area contributed by atoms with E-state index in [1.807, 2.05) is 130 Å².